The Labute approximate surface area is 60.6 Å². The fourth-order valence-corrected chi connectivity index (χ4v) is 1.18. The third-order valence-electron chi connectivity index (χ3n) is 2.01. The number of aliphatic hydroxyl groups is 1. The molecular weight excluding hydrogens is 133 g/mol. The number of rotatable bonds is 0. The SMILES string of the molecule is CN1CC[C@@H](O)[C@@H](F)CC1. The third kappa shape index (κ3) is 1.92. The van der Waals surface area contributed by atoms with Crippen LogP contribution in [0, 0.1) is 0 Å². The van der Waals surface area contributed by atoms with Crippen LogP contribution in [0.15, 0.2) is 0 Å². The fourth-order valence-electron chi connectivity index (χ4n) is 1.18. The quantitative estimate of drug-likeness (QED) is 0.536. The van der Waals surface area contributed by atoms with Crippen LogP contribution in [0.1, 0.15) is 12.8 Å². The van der Waals surface area contributed by atoms with Crippen molar-refractivity contribution in [1.29, 1.82) is 0 Å². The lowest BCUT2D eigenvalue weighted by molar-refractivity contribution is 0.0756. The largest absolute Gasteiger partial charge is 0.390 e. The first kappa shape index (κ1) is 7.95. The normalized spacial score (nSPS) is 37.5. The summed E-state index contributed by atoms with van der Waals surface area (Å²) in [5.41, 5.74) is 0. The number of aliphatic hydroxyl groups excluding tert-OH is 1. The zero-order valence-corrected chi connectivity index (χ0v) is 6.26. The van der Waals surface area contributed by atoms with Crippen LogP contribution in [0.4, 0.5) is 4.39 Å². The lowest BCUT2D eigenvalue weighted by Gasteiger charge is -2.10. The molecule has 1 saturated heterocycles. The van der Waals surface area contributed by atoms with E-state index in [0.717, 1.165) is 13.1 Å². The van der Waals surface area contributed by atoms with Gasteiger partial charge in [0.2, 0.25) is 0 Å². The van der Waals surface area contributed by atoms with Crippen LogP contribution in [0.5, 0.6) is 0 Å². The summed E-state index contributed by atoms with van der Waals surface area (Å²) in [7, 11) is 1.95. The summed E-state index contributed by atoms with van der Waals surface area (Å²) in [6.45, 7) is 1.57. The maximum absolute atomic E-state index is 12.7. The van der Waals surface area contributed by atoms with Gasteiger partial charge in [0.1, 0.15) is 6.17 Å². The van der Waals surface area contributed by atoms with Gasteiger partial charge in [0.25, 0.3) is 0 Å². The fraction of sp³-hybridized carbons (Fsp3) is 1.00. The summed E-state index contributed by atoms with van der Waals surface area (Å²) in [5, 5.41) is 9.07. The predicted molar refractivity (Wildman–Crippen MR) is 37.6 cm³/mol. The van der Waals surface area contributed by atoms with E-state index in [4.69, 9.17) is 5.11 Å². The second-order valence-corrected chi connectivity index (χ2v) is 2.96. The van der Waals surface area contributed by atoms with Gasteiger partial charge < -0.3 is 10.0 Å². The van der Waals surface area contributed by atoms with Gasteiger partial charge in [0.05, 0.1) is 6.10 Å². The van der Waals surface area contributed by atoms with Crippen LogP contribution in [0.2, 0.25) is 0 Å². The Morgan fingerprint density at radius 3 is 2.70 bits per heavy atom. The molecule has 10 heavy (non-hydrogen) atoms. The standard InChI is InChI=1S/C7H14FNO/c1-9-4-2-6(8)7(10)3-5-9/h6-7,10H,2-5H2,1H3/t6-,7+/m0/s1. The molecule has 0 aromatic rings. The van der Waals surface area contributed by atoms with Gasteiger partial charge in [0, 0.05) is 13.1 Å². The summed E-state index contributed by atoms with van der Waals surface area (Å²) in [5.74, 6) is 0. The van der Waals surface area contributed by atoms with Crippen molar-refractivity contribution in [3.05, 3.63) is 0 Å². The molecule has 1 N–H and O–H groups in total. The van der Waals surface area contributed by atoms with Crippen molar-refractivity contribution < 1.29 is 9.50 Å². The maximum atomic E-state index is 12.7. The molecule has 1 fully saturated rings. The van der Waals surface area contributed by atoms with E-state index in [9.17, 15) is 4.39 Å². The maximum Gasteiger partial charge on any atom is 0.127 e. The monoisotopic (exact) mass is 147 g/mol. The second-order valence-electron chi connectivity index (χ2n) is 2.96. The number of likely N-dealkylation sites (tertiary alicyclic amines) is 1. The molecule has 0 aromatic carbocycles. The molecule has 1 heterocycles. The van der Waals surface area contributed by atoms with Gasteiger partial charge in [-0.1, -0.05) is 0 Å². The number of halogens is 1. The summed E-state index contributed by atoms with van der Waals surface area (Å²) in [6, 6.07) is 0. The van der Waals surface area contributed by atoms with Crippen molar-refractivity contribution in [2.45, 2.75) is 25.1 Å². The minimum Gasteiger partial charge on any atom is -0.390 e. The molecule has 3 heteroatoms. The molecule has 1 aliphatic rings. The molecule has 0 unspecified atom stereocenters. The summed E-state index contributed by atoms with van der Waals surface area (Å²) >= 11 is 0. The van der Waals surface area contributed by atoms with Crippen LogP contribution in [0.3, 0.4) is 0 Å². The highest BCUT2D eigenvalue weighted by atomic mass is 19.1. The molecule has 0 spiro atoms. The molecule has 0 amide bonds. The van der Waals surface area contributed by atoms with E-state index < -0.39 is 12.3 Å². The van der Waals surface area contributed by atoms with E-state index in [0.29, 0.717) is 12.8 Å². The first-order valence-corrected chi connectivity index (χ1v) is 3.71. The van der Waals surface area contributed by atoms with Crippen molar-refractivity contribution in [2.24, 2.45) is 0 Å². The van der Waals surface area contributed by atoms with E-state index in [2.05, 4.69) is 0 Å². The first-order chi connectivity index (χ1) is 4.70. The molecule has 60 valence electrons. The van der Waals surface area contributed by atoms with Crippen LogP contribution < -0.4 is 0 Å². The number of alkyl halides is 1. The van der Waals surface area contributed by atoms with E-state index in [1.807, 2.05) is 11.9 Å². The Morgan fingerprint density at radius 2 is 2.00 bits per heavy atom. The molecule has 1 rings (SSSR count). The molecule has 1 aliphatic heterocycles. The Kier molecular flexibility index (Phi) is 2.63. The summed E-state index contributed by atoms with van der Waals surface area (Å²) in [4.78, 5) is 2.04. The zero-order chi connectivity index (χ0) is 7.56. The van der Waals surface area contributed by atoms with Crippen molar-refractivity contribution in [3.63, 3.8) is 0 Å². The highest BCUT2D eigenvalue weighted by molar-refractivity contribution is 4.74. The average molecular weight is 147 g/mol. The lowest BCUT2D eigenvalue weighted by Crippen LogP contribution is -2.20. The predicted octanol–water partition coefficient (Wildman–Crippen LogP) is 0.411. The Hall–Kier alpha value is -0.150. The topological polar surface area (TPSA) is 23.5 Å². The number of hydrogen-bond donors (Lipinski definition) is 1. The molecule has 0 aromatic heterocycles. The van der Waals surface area contributed by atoms with E-state index in [1.165, 1.54) is 0 Å². The lowest BCUT2D eigenvalue weighted by atomic mass is 10.1. The van der Waals surface area contributed by atoms with E-state index >= 15 is 0 Å². The highest BCUT2D eigenvalue weighted by Gasteiger charge is 2.22. The van der Waals surface area contributed by atoms with Crippen molar-refractivity contribution in [2.75, 3.05) is 20.1 Å². The van der Waals surface area contributed by atoms with Gasteiger partial charge in [-0.2, -0.15) is 0 Å². The summed E-state index contributed by atoms with van der Waals surface area (Å²) < 4.78 is 12.7. The second kappa shape index (κ2) is 3.30. The van der Waals surface area contributed by atoms with Crippen molar-refractivity contribution >= 4 is 0 Å². The van der Waals surface area contributed by atoms with E-state index in [1.54, 1.807) is 0 Å². The zero-order valence-electron chi connectivity index (χ0n) is 6.26. The van der Waals surface area contributed by atoms with Crippen LogP contribution in [-0.4, -0.2) is 42.4 Å². The van der Waals surface area contributed by atoms with Gasteiger partial charge >= 0.3 is 0 Å². The minimum absolute atomic E-state index is 0.470. The van der Waals surface area contributed by atoms with Gasteiger partial charge in [-0.15, -0.1) is 0 Å². The van der Waals surface area contributed by atoms with E-state index in [-0.39, 0.29) is 0 Å². The third-order valence-corrected chi connectivity index (χ3v) is 2.01. The summed E-state index contributed by atoms with van der Waals surface area (Å²) in [6.07, 6.45) is -0.704. The minimum atomic E-state index is -1.01. The number of hydrogen-bond acceptors (Lipinski definition) is 2. The molecule has 0 radical (unpaired) electrons. The molecular formula is C7H14FNO. The van der Waals surface area contributed by atoms with Gasteiger partial charge in [-0.25, -0.2) is 4.39 Å². The Morgan fingerprint density at radius 1 is 1.40 bits per heavy atom. The highest BCUT2D eigenvalue weighted by Crippen LogP contribution is 2.12. The molecule has 0 aliphatic carbocycles. The first-order valence-electron chi connectivity index (χ1n) is 3.71. The number of nitrogens with zero attached hydrogens (tertiary/aromatic N) is 1. The Balaban J connectivity index is 2.38. The van der Waals surface area contributed by atoms with Gasteiger partial charge in [0.15, 0.2) is 0 Å². The van der Waals surface area contributed by atoms with Crippen LogP contribution >= 0.6 is 0 Å². The molecule has 2 atom stereocenters. The average Bonchev–Trinajstić information content (AvgIpc) is 2.04. The molecule has 2 nitrogen and oxygen atoms in total. The molecule has 0 bridgehead atoms. The van der Waals surface area contributed by atoms with Crippen molar-refractivity contribution in [1.82, 2.24) is 4.90 Å². The van der Waals surface area contributed by atoms with Gasteiger partial charge in [-0.05, 0) is 19.9 Å². The van der Waals surface area contributed by atoms with Gasteiger partial charge in [-0.3, -0.25) is 0 Å². The van der Waals surface area contributed by atoms with Crippen LogP contribution in [0.25, 0.3) is 0 Å². The smallest absolute Gasteiger partial charge is 0.127 e. The van der Waals surface area contributed by atoms with Crippen molar-refractivity contribution in [3.8, 4) is 0 Å². The van der Waals surface area contributed by atoms with Crippen LogP contribution in [-0.2, 0) is 0 Å². The molecule has 0 saturated carbocycles. The Bertz CT molecular complexity index is 97.8.